The van der Waals surface area contributed by atoms with Crippen LogP contribution in [-0.2, 0) is 0 Å². The highest BCUT2D eigenvalue weighted by molar-refractivity contribution is 5.85. The van der Waals surface area contributed by atoms with E-state index < -0.39 is 0 Å². The summed E-state index contributed by atoms with van der Waals surface area (Å²) in [6.07, 6.45) is 22.8. The smallest absolute Gasteiger partial charge is 0.185 e. The molecule has 1 rings (SSSR count). The molecule has 0 fully saturated rings. The van der Waals surface area contributed by atoms with Crippen molar-refractivity contribution in [1.82, 2.24) is 4.98 Å². The Morgan fingerprint density at radius 1 is 0.667 bits per heavy atom. The first-order valence-electron chi connectivity index (χ1n) is 10.7. The molecule has 0 aromatic carbocycles. The highest BCUT2D eigenvalue weighted by Gasteiger charge is 1.94. The van der Waals surface area contributed by atoms with Gasteiger partial charge in [-0.25, -0.2) is 0 Å². The second-order valence-electron chi connectivity index (χ2n) is 6.93. The average Bonchev–Trinajstić information content (AvgIpc) is 2.66. The first-order chi connectivity index (χ1) is 12.8. The number of halogens is 1. The largest absolute Gasteiger partial charge is 0.370 e. The number of rotatable bonds is 15. The van der Waals surface area contributed by atoms with Crippen LogP contribution in [0.4, 0.5) is 0 Å². The van der Waals surface area contributed by atoms with Crippen LogP contribution < -0.4 is 11.5 Å². The van der Waals surface area contributed by atoms with E-state index in [4.69, 9.17) is 11.5 Å². The molecule has 0 radical (unpaired) electrons. The number of nitrogens with two attached hydrogens (primary N) is 2. The van der Waals surface area contributed by atoms with Crippen LogP contribution in [0.2, 0.25) is 0 Å². The fourth-order valence-electron chi connectivity index (χ4n) is 2.83. The summed E-state index contributed by atoms with van der Waals surface area (Å²) in [5.41, 5.74) is 10.5. The van der Waals surface area contributed by atoms with Crippen LogP contribution >= 0.6 is 12.4 Å². The van der Waals surface area contributed by atoms with Crippen molar-refractivity contribution >= 4 is 18.4 Å². The predicted octanol–water partition coefficient (Wildman–Crippen LogP) is 6.24. The first kappa shape index (κ1) is 27.9. The molecule has 5 heteroatoms. The third-order valence-corrected chi connectivity index (χ3v) is 4.37. The van der Waals surface area contributed by atoms with Crippen molar-refractivity contribution in [1.29, 1.82) is 0 Å². The Hall–Kier alpha value is -1.29. The van der Waals surface area contributed by atoms with E-state index >= 15 is 0 Å². The van der Waals surface area contributed by atoms with Gasteiger partial charge in [-0.05, 0) is 18.6 Å². The lowest BCUT2D eigenvalue weighted by Gasteiger charge is -2.02. The maximum absolute atomic E-state index is 5.27. The van der Waals surface area contributed by atoms with Crippen LogP contribution in [0.5, 0.6) is 0 Å². The quantitative estimate of drug-likeness (QED) is 0.208. The van der Waals surface area contributed by atoms with E-state index in [-0.39, 0.29) is 18.4 Å². The molecule has 4 N–H and O–H groups in total. The second-order valence-corrected chi connectivity index (χ2v) is 6.93. The van der Waals surface area contributed by atoms with Gasteiger partial charge in [0.2, 0.25) is 0 Å². The molecule has 0 atom stereocenters. The third kappa shape index (κ3) is 27.0. The number of hydrogen-bond donors (Lipinski definition) is 2. The minimum atomic E-state index is 0. The third-order valence-electron chi connectivity index (χ3n) is 4.37. The number of unbranched alkanes of at least 4 members (excludes halogenated alkanes) is 13. The molecule has 0 unspecified atom stereocenters. The highest BCUT2D eigenvalue weighted by Crippen LogP contribution is 2.12. The lowest BCUT2D eigenvalue weighted by Crippen LogP contribution is -2.22. The molecule has 27 heavy (non-hydrogen) atoms. The molecule has 158 valence electrons. The molecule has 0 saturated carbocycles. The Kier molecular flexibility index (Phi) is 25.6. The van der Waals surface area contributed by atoms with Crippen molar-refractivity contribution in [2.45, 2.75) is 96.8 Å². The van der Waals surface area contributed by atoms with Crippen LogP contribution in [0.1, 0.15) is 96.8 Å². The molecule has 0 amide bonds. The van der Waals surface area contributed by atoms with Crippen LogP contribution in [0.25, 0.3) is 0 Å². The van der Waals surface area contributed by atoms with Gasteiger partial charge in [0.15, 0.2) is 5.96 Å². The van der Waals surface area contributed by atoms with E-state index in [1.54, 1.807) is 12.4 Å². The Labute approximate surface area is 174 Å². The number of aromatic nitrogens is 1. The van der Waals surface area contributed by atoms with Crippen molar-refractivity contribution in [3.63, 3.8) is 0 Å². The monoisotopic (exact) mass is 398 g/mol. The van der Waals surface area contributed by atoms with Crippen LogP contribution in [0, 0.1) is 0 Å². The Morgan fingerprint density at radius 2 is 1.07 bits per heavy atom. The van der Waals surface area contributed by atoms with Gasteiger partial charge < -0.3 is 11.5 Å². The highest BCUT2D eigenvalue weighted by atomic mass is 35.5. The SMILES string of the molecule is CCCCCCCCCCCCCCCCN=C(N)N.Cl.c1ccncc1. The lowest BCUT2D eigenvalue weighted by molar-refractivity contribution is 0.536. The maximum atomic E-state index is 5.27. The van der Waals surface area contributed by atoms with Gasteiger partial charge in [0.05, 0.1) is 0 Å². The fraction of sp³-hybridized carbons (Fsp3) is 0.727. The van der Waals surface area contributed by atoms with Crippen molar-refractivity contribution in [3.8, 4) is 0 Å². The van der Waals surface area contributed by atoms with Gasteiger partial charge in [-0.2, -0.15) is 0 Å². The van der Waals surface area contributed by atoms with Gasteiger partial charge in [-0.3, -0.25) is 9.98 Å². The first-order valence-corrected chi connectivity index (χ1v) is 10.7. The molecule has 0 aliphatic rings. The van der Waals surface area contributed by atoms with Gasteiger partial charge in [-0.1, -0.05) is 96.5 Å². The minimum Gasteiger partial charge on any atom is -0.370 e. The second kappa shape index (κ2) is 24.7. The summed E-state index contributed by atoms with van der Waals surface area (Å²) in [6, 6.07) is 5.72. The Morgan fingerprint density at radius 3 is 1.37 bits per heavy atom. The fourth-order valence-corrected chi connectivity index (χ4v) is 2.83. The van der Waals surface area contributed by atoms with E-state index in [9.17, 15) is 0 Å². The number of hydrogen-bond acceptors (Lipinski definition) is 2. The van der Waals surface area contributed by atoms with E-state index in [0.29, 0.717) is 0 Å². The summed E-state index contributed by atoms with van der Waals surface area (Å²) >= 11 is 0. The normalized spacial score (nSPS) is 9.67. The number of aliphatic imine (C=N–C) groups is 1. The molecular formula is C22H43ClN4. The Balaban J connectivity index is 0. The molecular weight excluding hydrogens is 356 g/mol. The molecule has 0 spiro atoms. The van der Waals surface area contributed by atoms with Crippen LogP contribution in [0.3, 0.4) is 0 Å². The average molecular weight is 399 g/mol. The van der Waals surface area contributed by atoms with Gasteiger partial charge in [-0.15, -0.1) is 12.4 Å². The van der Waals surface area contributed by atoms with E-state index in [2.05, 4.69) is 16.9 Å². The van der Waals surface area contributed by atoms with Gasteiger partial charge >= 0.3 is 0 Å². The van der Waals surface area contributed by atoms with Crippen molar-refractivity contribution in [2.75, 3.05) is 6.54 Å². The zero-order valence-corrected chi connectivity index (χ0v) is 18.3. The number of guanidine groups is 1. The standard InChI is InChI=1S/C17H37N3.C5H5N.ClH/c1-2-3-4-5-6-7-8-9-10-11-12-13-14-15-16-20-17(18)19;1-2-4-6-5-3-1;/h2-16H2,1H3,(H4,18,19,20);1-5H;1H. The van der Waals surface area contributed by atoms with Gasteiger partial charge in [0.25, 0.3) is 0 Å². The molecule has 0 aliphatic heterocycles. The molecule has 4 nitrogen and oxygen atoms in total. The summed E-state index contributed by atoms with van der Waals surface area (Å²) in [6.45, 7) is 3.07. The van der Waals surface area contributed by atoms with Crippen molar-refractivity contribution in [3.05, 3.63) is 30.6 Å². The summed E-state index contributed by atoms with van der Waals surface area (Å²) in [5, 5.41) is 0. The molecule has 0 saturated heterocycles. The minimum absolute atomic E-state index is 0. The Bertz CT molecular complexity index is 368. The van der Waals surface area contributed by atoms with E-state index in [1.165, 1.54) is 83.5 Å². The zero-order chi connectivity index (χ0) is 19.1. The summed E-state index contributed by atoms with van der Waals surface area (Å²) in [7, 11) is 0. The lowest BCUT2D eigenvalue weighted by atomic mass is 10.0. The predicted molar refractivity (Wildman–Crippen MR) is 122 cm³/mol. The molecule has 1 aromatic heterocycles. The summed E-state index contributed by atoms with van der Waals surface area (Å²) in [4.78, 5) is 7.78. The number of nitrogens with zero attached hydrogens (tertiary/aromatic N) is 2. The van der Waals surface area contributed by atoms with Crippen molar-refractivity contribution < 1.29 is 0 Å². The van der Waals surface area contributed by atoms with Crippen molar-refractivity contribution in [2.24, 2.45) is 16.5 Å². The number of pyridine rings is 1. The zero-order valence-electron chi connectivity index (χ0n) is 17.5. The van der Waals surface area contributed by atoms with E-state index in [0.717, 1.165) is 13.0 Å². The van der Waals surface area contributed by atoms with Gasteiger partial charge in [0.1, 0.15) is 0 Å². The maximum Gasteiger partial charge on any atom is 0.185 e. The molecule has 1 heterocycles. The molecule has 0 bridgehead atoms. The van der Waals surface area contributed by atoms with Crippen LogP contribution in [0.15, 0.2) is 35.6 Å². The molecule has 1 aromatic rings. The van der Waals surface area contributed by atoms with E-state index in [1.807, 2.05) is 18.2 Å². The topological polar surface area (TPSA) is 77.3 Å². The van der Waals surface area contributed by atoms with Gasteiger partial charge in [0, 0.05) is 18.9 Å². The van der Waals surface area contributed by atoms with Crippen LogP contribution in [-0.4, -0.2) is 17.5 Å². The molecule has 0 aliphatic carbocycles. The summed E-state index contributed by atoms with van der Waals surface area (Å²) in [5.74, 6) is 0.222. The summed E-state index contributed by atoms with van der Waals surface area (Å²) < 4.78 is 0.